The molecule has 0 heterocycles. The van der Waals surface area contributed by atoms with Gasteiger partial charge in [0.2, 0.25) is 0 Å². The fraction of sp³-hybridized carbons (Fsp3) is 0. The monoisotopic (exact) mass is 220 g/mol. The number of hydrogen-bond acceptors (Lipinski definition) is 1. The van der Waals surface area contributed by atoms with Crippen molar-refractivity contribution in [3.63, 3.8) is 0 Å². The van der Waals surface area contributed by atoms with E-state index in [4.69, 9.17) is 18.0 Å². The maximum Gasteiger partial charge on any atom is 0.139 e. The van der Waals surface area contributed by atoms with E-state index in [-0.39, 0.29) is 16.3 Å². The second-order valence-corrected chi connectivity index (χ2v) is 3.44. The van der Waals surface area contributed by atoms with Gasteiger partial charge in [0.25, 0.3) is 0 Å². The van der Waals surface area contributed by atoms with Crippen LogP contribution in [-0.2, 0) is 0 Å². The first kappa shape index (κ1) is 9.82. The molecular weight excluding hydrogens is 215 g/mol. The van der Waals surface area contributed by atoms with Crippen LogP contribution in [0.3, 0.4) is 0 Å². The van der Waals surface area contributed by atoms with Gasteiger partial charge >= 0.3 is 0 Å². The quantitative estimate of drug-likeness (QED) is 0.676. The fourth-order valence-corrected chi connectivity index (χ4v) is 1.71. The Kier molecular flexibility index (Phi) is 2.26. The maximum absolute atomic E-state index is 13.3. The van der Waals surface area contributed by atoms with Crippen molar-refractivity contribution in [3.05, 3.63) is 40.7 Å². The first-order valence-electron chi connectivity index (χ1n) is 4.21. The Morgan fingerprint density at radius 3 is 2.53 bits per heavy atom. The van der Waals surface area contributed by atoms with Crippen molar-refractivity contribution in [1.82, 2.24) is 0 Å². The Morgan fingerprint density at radius 1 is 1.20 bits per heavy atom. The van der Waals surface area contributed by atoms with Crippen molar-refractivity contribution in [2.24, 2.45) is 0 Å². The molecule has 15 heavy (non-hydrogen) atoms. The van der Waals surface area contributed by atoms with E-state index in [9.17, 15) is 9.50 Å². The molecule has 0 aliphatic carbocycles. The summed E-state index contributed by atoms with van der Waals surface area (Å²) < 4.78 is 13.3. The summed E-state index contributed by atoms with van der Waals surface area (Å²) in [6.45, 7) is 0. The third kappa shape index (κ3) is 1.42. The minimum atomic E-state index is -0.466. The molecule has 0 aliphatic heterocycles. The number of halogens is 2. The van der Waals surface area contributed by atoms with Gasteiger partial charge in [-0.1, -0.05) is 17.5 Å². The van der Waals surface area contributed by atoms with Gasteiger partial charge in [0.1, 0.15) is 11.6 Å². The molecule has 0 amide bonds. The number of fused-ring (bicyclic) bond motifs is 1. The lowest BCUT2D eigenvalue weighted by Crippen LogP contribution is -1.86. The minimum Gasteiger partial charge on any atom is -0.506 e. The molecular formula is C12H6ClFO. The molecule has 0 unspecified atom stereocenters. The lowest BCUT2D eigenvalue weighted by Gasteiger charge is -2.05. The summed E-state index contributed by atoms with van der Waals surface area (Å²) in [6, 6.07) is 5.68. The average Bonchev–Trinajstić information content (AvgIpc) is 2.23. The van der Waals surface area contributed by atoms with Gasteiger partial charge < -0.3 is 5.11 Å². The van der Waals surface area contributed by atoms with E-state index in [0.29, 0.717) is 10.8 Å². The maximum atomic E-state index is 13.3. The summed E-state index contributed by atoms with van der Waals surface area (Å²) in [4.78, 5) is 0. The van der Waals surface area contributed by atoms with Gasteiger partial charge in [0.15, 0.2) is 0 Å². The van der Waals surface area contributed by atoms with Crippen LogP contribution in [0.1, 0.15) is 5.56 Å². The second-order valence-electron chi connectivity index (χ2n) is 3.06. The van der Waals surface area contributed by atoms with Gasteiger partial charge in [-0.05, 0) is 24.3 Å². The molecule has 0 aliphatic rings. The molecule has 0 bridgehead atoms. The summed E-state index contributed by atoms with van der Waals surface area (Å²) in [5.41, 5.74) is 0.161. The smallest absolute Gasteiger partial charge is 0.139 e. The molecule has 0 radical (unpaired) electrons. The molecule has 0 saturated carbocycles. The van der Waals surface area contributed by atoms with Crippen LogP contribution in [-0.4, -0.2) is 5.11 Å². The van der Waals surface area contributed by atoms with E-state index in [1.165, 1.54) is 18.2 Å². The van der Waals surface area contributed by atoms with Crippen molar-refractivity contribution in [1.29, 1.82) is 0 Å². The molecule has 2 aromatic rings. The second kappa shape index (κ2) is 3.45. The standard InChI is InChI=1S/C12H6ClFO/c1-2-7-8-4-6-11(15)12(13)9(8)3-5-10(7)14/h1,3-6,15H. The first-order valence-corrected chi connectivity index (χ1v) is 4.59. The Morgan fingerprint density at radius 2 is 1.87 bits per heavy atom. The van der Waals surface area contributed by atoms with Crippen molar-refractivity contribution < 1.29 is 9.50 Å². The van der Waals surface area contributed by atoms with Gasteiger partial charge in [0, 0.05) is 10.8 Å². The normalized spacial score (nSPS) is 10.2. The van der Waals surface area contributed by atoms with Crippen molar-refractivity contribution in [3.8, 4) is 18.1 Å². The molecule has 2 aromatic carbocycles. The lowest BCUT2D eigenvalue weighted by atomic mass is 10.0. The molecule has 0 fully saturated rings. The Labute approximate surface area is 91.1 Å². The van der Waals surface area contributed by atoms with E-state index in [1.54, 1.807) is 6.07 Å². The van der Waals surface area contributed by atoms with Gasteiger partial charge in [-0.15, -0.1) is 6.42 Å². The first-order chi connectivity index (χ1) is 7.15. The third-order valence-corrected chi connectivity index (χ3v) is 2.61. The number of aromatic hydroxyl groups is 1. The molecule has 0 atom stereocenters. The Bertz CT molecular complexity index is 584. The van der Waals surface area contributed by atoms with Gasteiger partial charge in [-0.2, -0.15) is 0 Å². The number of hydrogen-bond donors (Lipinski definition) is 1. The highest BCUT2D eigenvalue weighted by Crippen LogP contribution is 2.33. The summed E-state index contributed by atoms with van der Waals surface area (Å²) in [5, 5.41) is 10.6. The molecule has 3 heteroatoms. The van der Waals surface area contributed by atoms with E-state index < -0.39 is 5.82 Å². The summed E-state index contributed by atoms with van der Waals surface area (Å²) in [5.74, 6) is 1.76. The Hall–Kier alpha value is -1.72. The SMILES string of the molecule is C#Cc1c(F)ccc2c(Cl)c(O)ccc12. The Balaban J connectivity index is 2.98. The number of phenolic OH excluding ortho intramolecular Hbond substituents is 1. The number of rotatable bonds is 0. The van der Waals surface area contributed by atoms with E-state index in [2.05, 4.69) is 5.92 Å². The van der Waals surface area contributed by atoms with Crippen molar-refractivity contribution >= 4 is 22.4 Å². The predicted octanol–water partition coefficient (Wildman–Crippen LogP) is 3.32. The van der Waals surface area contributed by atoms with Crippen LogP contribution in [0.4, 0.5) is 4.39 Å². The van der Waals surface area contributed by atoms with Gasteiger partial charge in [-0.3, -0.25) is 0 Å². The fourth-order valence-electron chi connectivity index (χ4n) is 1.48. The molecule has 0 spiro atoms. The summed E-state index contributed by atoms with van der Waals surface area (Å²) in [7, 11) is 0. The zero-order chi connectivity index (χ0) is 11.0. The third-order valence-electron chi connectivity index (χ3n) is 2.21. The molecule has 0 saturated heterocycles. The zero-order valence-electron chi connectivity index (χ0n) is 7.59. The highest BCUT2D eigenvalue weighted by Gasteiger charge is 2.09. The predicted molar refractivity (Wildman–Crippen MR) is 58.5 cm³/mol. The van der Waals surface area contributed by atoms with Gasteiger partial charge in [0.05, 0.1) is 10.6 Å². The zero-order valence-corrected chi connectivity index (χ0v) is 8.35. The van der Waals surface area contributed by atoms with Gasteiger partial charge in [-0.25, -0.2) is 4.39 Å². The number of terminal acetylenes is 1. The van der Waals surface area contributed by atoms with Crippen LogP contribution in [0.5, 0.6) is 5.75 Å². The minimum absolute atomic E-state index is 0.0428. The lowest BCUT2D eigenvalue weighted by molar-refractivity contribution is 0.476. The summed E-state index contributed by atoms with van der Waals surface area (Å²) in [6.07, 6.45) is 5.21. The van der Waals surface area contributed by atoms with E-state index in [1.807, 2.05) is 0 Å². The number of benzene rings is 2. The molecule has 74 valence electrons. The molecule has 1 N–H and O–H groups in total. The van der Waals surface area contributed by atoms with Crippen LogP contribution in [0.25, 0.3) is 10.8 Å². The van der Waals surface area contributed by atoms with Crippen LogP contribution in [0.15, 0.2) is 24.3 Å². The topological polar surface area (TPSA) is 20.2 Å². The number of phenols is 1. The summed E-state index contributed by atoms with van der Waals surface area (Å²) >= 11 is 5.87. The van der Waals surface area contributed by atoms with Crippen LogP contribution >= 0.6 is 11.6 Å². The highest BCUT2D eigenvalue weighted by atomic mass is 35.5. The highest BCUT2D eigenvalue weighted by molar-refractivity contribution is 6.37. The van der Waals surface area contributed by atoms with E-state index in [0.717, 1.165) is 0 Å². The average molecular weight is 221 g/mol. The molecule has 0 aromatic heterocycles. The van der Waals surface area contributed by atoms with Crippen molar-refractivity contribution in [2.45, 2.75) is 0 Å². The van der Waals surface area contributed by atoms with E-state index >= 15 is 0 Å². The molecule has 1 nitrogen and oxygen atoms in total. The van der Waals surface area contributed by atoms with Crippen LogP contribution in [0.2, 0.25) is 5.02 Å². The van der Waals surface area contributed by atoms with Crippen LogP contribution < -0.4 is 0 Å². The largest absolute Gasteiger partial charge is 0.506 e. The molecule has 2 rings (SSSR count). The van der Waals surface area contributed by atoms with Crippen LogP contribution in [0, 0.1) is 18.2 Å². The van der Waals surface area contributed by atoms with Crippen molar-refractivity contribution in [2.75, 3.05) is 0 Å².